The lowest BCUT2D eigenvalue weighted by atomic mass is 10.1. The number of anilines is 2. The Morgan fingerprint density at radius 1 is 1.07 bits per heavy atom. The maximum absolute atomic E-state index is 13.1. The number of fused-ring (bicyclic) bond motifs is 2. The van der Waals surface area contributed by atoms with E-state index in [1.165, 1.54) is 11.3 Å². The van der Waals surface area contributed by atoms with Crippen molar-refractivity contribution in [3.63, 3.8) is 0 Å². The van der Waals surface area contributed by atoms with Gasteiger partial charge >= 0.3 is 0 Å². The number of aromatic nitrogens is 1. The maximum Gasteiger partial charge on any atom is 0.272 e. The minimum atomic E-state index is -0.248. The van der Waals surface area contributed by atoms with Crippen LogP contribution in [0.4, 0.5) is 11.4 Å². The zero-order valence-electron chi connectivity index (χ0n) is 14.0. The van der Waals surface area contributed by atoms with Gasteiger partial charge in [0, 0.05) is 22.0 Å². The summed E-state index contributed by atoms with van der Waals surface area (Å²) in [5.41, 5.74) is 2.65. The molecule has 134 valence electrons. The number of carbonyl (C=O) groups excluding carboxylic acids is 1. The molecule has 0 spiro atoms. The lowest BCUT2D eigenvalue weighted by Gasteiger charge is -2.25. The lowest BCUT2D eigenvalue weighted by molar-refractivity contribution is -0.110. The van der Waals surface area contributed by atoms with Crippen molar-refractivity contribution in [1.29, 1.82) is 0 Å². The van der Waals surface area contributed by atoms with Crippen molar-refractivity contribution in [2.45, 2.75) is 6.67 Å². The first kappa shape index (κ1) is 16.3. The molecule has 2 aliphatic heterocycles. The largest absolute Gasteiger partial charge is 0.334 e. The van der Waals surface area contributed by atoms with Crippen molar-refractivity contribution in [3.8, 4) is 0 Å². The van der Waals surface area contributed by atoms with E-state index in [9.17, 15) is 9.59 Å². The van der Waals surface area contributed by atoms with Crippen LogP contribution in [0.15, 0.2) is 58.3 Å². The summed E-state index contributed by atoms with van der Waals surface area (Å²) in [6.45, 7) is 0.825. The van der Waals surface area contributed by atoms with Crippen LogP contribution in [-0.2, 0) is 11.5 Å². The highest BCUT2D eigenvalue weighted by Crippen LogP contribution is 2.29. The van der Waals surface area contributed by atoms with E-state index in [4.69, 9.17) is 11.6 Å². The summed E-state index contributed by atoms with van der Waals surface area (Å²) in [6.07, 6.45) is 0. The van der Waals surface area contributed by atoms with Crippen molar-refractivity contribution in [3.05, 3.63) is 78.8 Å². The monoisotopic (exact) mass is 396 g/mol. The van der Waals surface area contributed by atoms with Gasteiger partial charge in [0.05, 0.1) is 5.57 Å². The lowest BCUT2D eigenvalue weighted by Crippen LogP contribution is -2.43. The van der Waals surface area contributed by atoms with E-state index in [0.717, 1.165) is 16.9 Å². The highest BCUT2D eigenvalue weighted by molar-refractivity contribution is 7.07. The zero-order valence-corrected chi connectivity index (χ0v) is 15.5. The minimum absolute atomic E-state index is 0.195. The molecule has 1 amide bonds. The third-order valence-corrected chi connectivity index (χ3v) is 6.01. The predicted molar refractivity (Wildman–Crippen MR) is 106 cm³/mol. The normalized spacial score (nSPS) is 17.2. The third-order valence-electron chi connectivity index (χ3n) is 4.64. The average molecular weight is 397 g/mol. The molecule has 3 aromatic rings. The second-order valence-corrected chi connectivity index (χ2v) is 7.69. The summed E-state index contributed by atoms with van der Waals surface area (Å²) >= 11 is 7.22. The van der Waals surface area contributed by atoms with Gasteiger partial charge in [0.2, 0.25) is 0 Å². The number of benzene rings is 2. The van der Waals surface area contributed by atoms with Gasteiger partial charge in [-0.1, -0.05) is 41.1 Å². The Morgan fingerprint density at radius 3 is 2.67 bits per heavy atom. The van der Waals surface area contributed by atoms with Crippen molar-refractivity contribution in [2.75, 3.05) is 16.9 Å². The van der Waals surface area contributed by atoms with Crippen molar-refractivity contribution in [1.82, 2.24) is 4.57 Å². The Balaban J connectivity index is 1.64. The first-order chi connectivity index (χ1) is 13.1. The van der Waals surface area contributed by atoms with E-state index in [2.05, 4.69) is 10.3 Å². The number of hydrogen-bond donors (Lipinski definition) is 1. The molecule has 27 heavy (non-hydrogen) atoms. The summed E-state index contributed by atoms with van der Waals surface area (Å²) in [6, 6.07) is 14.8. The molecule has 3 heterocycles. The van der Waals surface area contributed by atoms with Gasteiger partial charge in [-0.3, -0.25) is 14.2 Å². The number of rotatable bonds is 1. The fraction of sp³-hybridized carbons (Fsp3) is 0.105. The molecule has 0 saturated carbocycles. The molecule has 0 unspecified atom stereocenters. The van der Waals surface area contributed by atoms with Gasteiger partial charge in [-0.05, 0) is 30.3 Å². The van der Waals surface area contributed by atoms with Crippen LogP contribution in [0.25, 0.3) is 5.57 Å². The van der Waals surface area contributed by atoms with E-state index >= 15 is 0 Å². The molecular formula is C19H13ClN4O2S. The summed E-state index contributed by atoms with van der Waals surface area (Å²) in [7, 11) is 0. The van der Waals surface area contributed by atoms with Crippen LogP contribution in [0.1, 0.15) is 5.56 Å². The summed E-state index contributed by atoms with van der Waals surface area (Å²) < 4.78 is 2.04. The fourth-order valence-corrected chi connectivity index (χ4v) is 4.50. The molecule has 2 aromatic carbocycles. The second-order valence-electron chi connectivity index (χ2n) is 6.28. The fourth-order valence-electron chi connectivity index (χ4n) is 3.32. The quantitative estimate of drug-likeness (QED) is 0.681. The van der Waals surface area contributed by atoms with Crippen LogP contribution in [0, 0.1) is 0 Å². The maximum atomic E-state index is 13.1. The van der Waals surface area contributed by atoms with Crippen LogP contribution in [0.2, 0.25) is 5.02 Å². The number of carbonyl (C=O) groups is 1. The molecule has 0 atom stereocenters. The Bertz CT molecular complexity index is 1260. The molecule has 6 nitrogen and oxygen atoms in total. The Labute approximate surface area is 162 Å². The molecule has 0 radical (unpaired) electrons. The van der Waals surface area contributed by atoms with Gasteiger partial charge in [-0.2, -0.15) is 0 Å². The number of amides is 1. The Kier molecular flexibility index (Phi) is 3.66. The molecule has 1 aromatic heterocycles. The van der Waals surface area contributed by atoms with E-state index < -0.39 is 0 Å². The molecule has 0 bridgehead atoms. The SMILES string of the molecule is O=C1Nc2ccccc2/C1=c1/sc2n(c1=O)CN(c1ccc(Cl)cc1)CN=2. The molecule has 0 fully saturated rings. The van der Waals surface area contributed by atoms with E-state index in [0.29, 0.717) is 33.3 Å². The van der Waals surface area contributed by atoms with Gasteiger partial charge < -0.3 is 10.2 Å². The predicted octanol–water partition coefficient (Wildman–Crippen LogP) is 1.77. The van der Waals surface area contributed by atoms with Crippen molar-refractivity contribution in [2.24, 2.45) is 4.99 Å². The second kappa shape index (κ2) is 6.07. The Hall–Kier alpha value is -2.90. The molecular weight excluding hydrogens is 384 g/mol. The highest BCUT2D eigenvalue weighted by atomic mass is 35.5. The van der Waals surface area contributed by atoms with E-state index in [-0.39, 0.29) is 11.5 Å². The summed E-state index contributed by atoms with van der Waals surface area (Å²) in [5.74, 6) is -0.248. The average Bonchev–Trinajstić information content (AvgIpc) is 3.18. The van der Waals surface area contributed by atoms with Crippen molar-refractivity contribution < 1.29 is 4.79 Å². The first-order valence-corrected chi connectivity index (χ1v) is 9.51. The van der Waals surface area contributed by atoms with E-state index in [1.807, 2.05) is 53.4 Å². The number of nitrogens with one attached hydrogen (secondary N) is 1. The van der Waals surface area contributed by atoms with E-state index in [1.54, 1.807) is 4.57 Å². The number of hydrogen-bond acceptors (Lipinski definition) is 5. The first-order valence-electron chi connectivity index (χ1n) is 8.31. The number of thiazole rings is 1. The van der Waals surface area contributed by atoms with Crippen LogP contribution in [-0.4, -0.2) is 17.1 Å². The molecule has 0 saturated heterocycles. The highest BCUT2D eigenvalue weighted by Gasteiger charge is 2.27. The van der Waals surface area contributed by atoms with Crippen LogP contribution >= 0.6 is 22.9 Å². The van der Waals surface area contributed by atoms with Crippen LogP contribution in [0.3, 0.4) is 0 Å². The summed E-state index contributed by atoms with van der Waals surface area (Å²) in [4.78, 5) is 32.7. The van der Waals surface area contributed by atoms with Gasteiger partial charge in [0.25, 0.3) is 11.5 Å². The van der Waals surface area contributed by atoms with Gasteiger partial charge in [-0.15, -0.1) is 0 Å². The molecule has 2 aliphatic rings. The van der Waals surface area contributed by atoms with Gasteiger partial charge in [-0.25, -0.2) is 4.99 Å². The number of halogens is 1. The molecule has 0 aliphatic carbocycles. The number of nitrogens with zero attached hydrogens (tertiary/aromatic N) is 3. The molecule has 1 N–H and O–H groups in total. The minimum Gasteiger partial charge on any atom is -0.334 e. The topological polar surface area (TPSA) is 66.7 Å². The standard InChI is InChI=1S/C19H13ClN4O2S/c20-11-5-7-12(8-6-11)23-9-21-19-24(10-23)18(26)16(27-19)15-13-3-1-2-4-14(13)22-17(15)25/h1-8H,9-10H2,(H,22,25)/b16-15-. The van der Waals surface area contributed by atoms with Crippen LogP contribution in [0.5, 0.6) is 0 Å². The van der Waals surface area contributed by atoms with Gasteiger partial charge in [0.1, 0.15) is 17.9 Å². The third kappa shape index (κ3) is 2.58. The van der Waals surface area contributed by atoms with Crippen LogP contribution < -0.4 is 25.1 Å². The van der Waals surface area contributed by atoms with Gasteiger partial charge in [0.15, 0.2) is 4.80 Å². The molecule has 5 rings (SSSR count). The Morgan fingerprint density at radius 2 is 1.85 bits per heavy atom. The number of para-hydroxylation sites is 1. The summed E-state index contributed by atoms with van der Waals surface area (Å²) in [5, 5.41) is 3.48. The molecule has 8 heteroatoms. The van der Waals surface area contributed by atoms with Crippen molar-refractivity contribution >= 4 is 45.8 Å². The zero-order chi connectivity index (χ0) is 18.5. The smallest absolute Gasteiger partial charge is 0.272 e.